The number of ether oxygens (including phenoxy) is 2. The molecule has 1 fully saturated rings. The quantitative estimate of drug-likeness (QED) is 0.185. The Labute approximate surface area is 203 Å². The Hall–Kier alpha value is -0.910. The smallest absolute Gasteiger partial charge is 0.306 e. The van der Waals surface area contributed by atoms with E-state index in [2.05, 4.69) is 40.7 Å². The minimum absolute atomic E-state index is 0.127. The monoisotopic (exact) mass is 468 g/mol. The van der Waals surface area contributed by atoms with E-state index in [0.717, 1.165) is 24.2 Å². The molecule has 0 spiro atoms. The summed E-state index contributed by atoms with van der Waals surface area (Å²) in [4.78, 5) is 11.9. The van der Waals surface area contributed by atoms with E-state index >= 15 is 0 Å². The van der Waals surface area contributed by atoms with Crippen molar-refractivity contribution in [2.75, 3.05) is 13.2 Å². The summed E-state index contributed by atoms with van der Waals surface area (Å²) in [6.45, 7) is 11.8. The van der Waals surface area contributed by atoms with Gasteiger partial charge in [0.2, 0.25) is 0 Å². The molecule has 5 heteroatoms. The van der Waals surface area contributed by atoms with Crippen molar-refractivity contribution in [3.05, 3.63) is 11.6 Å². The van der Waals surface area contributed by atoms with Gasteiger partial charge in [-0.05, 0) is 50.4 Å². The molecule has 0 bridgehead atoms. The fourth-order valence-corrected chi connectivity index (χ4v) is 4.56. The first kappa shape index (κ1) is 30.1. The highest BCUT2D eigenvalue weighted by atomic mass is 16.6. The Morgan fingerprint density at radius 3 is 2.18 bits per heavy atom. The molecule has 5 atom stereocenters. The van der Waals surface area contributed by atoms with Gasteiger partial charge in [0.05, 0.1) is 6.10 Å². The molecule has 0 aromatic heterocycles. The molecule has 5 nitrogen and oxygen atoms in total. The lowest BCUT2D eigenvalue weighted by Gasteiger charge is -2.20. The maximum absolute atomic E-state index is 11.9. The highest BCUT2D eigenvalue weighted by molar-refractivity contribution is 5.69. The summed E-state index contributed by atoms with van der Waals surface area (Å²) >= 11 is 0. The van der Waals surface area contributed by atoms with E-state index in [9.17, 15) is 15.0 Å². The van der Waals surface area contributed by atoms with Crippen molar-refractivity contribution in [2.45, 2.75) is 130 Å². The van der Waals surface area contributed by atoms with Crippen LogP contribution < -0.4 is 0 Å². The van der Waals surface area contributed by atoms with Crippen LogP contribution in [-0.2, 0) is 14.3 Å². The standard InChI is InChI=1S/C28H52O5/c1-21(2)10-6-11-22(3)12-7-13-23(4)14-8-15-24(5)16-9-17-27(31)33-20-26(30)28-25(29)18-19-32-28/h16,21-23,25-26,28-30H,6-15,17-20H2,1-5H3/b24-16+/t22?,23?,25-,26?,28?/m1/s1. The SMILES string of the molecule is C/C(=C\CCC(=O)OCC(O)C1OCC[C@H]1O)CCCC(C)CCCC(C)CCCC(C)C. The average molecular weight is 469 g/mol. The molecule has 1 saturated heterocycles. The van der Waals surface area contributed by atoms with E-state index < -0.39 is 18.3 Å². The molecule has 1 rings (SSSR count). The molecule has 0 saturated carbocycles. The minimum atomic E-state index is -0.973. The molecule has 0 aromatic carbocycles. The van der Waals surface area contributed by atoms with Crippen LogP contribution in [0, 0.1) is 17.8 Å². The lowest BCUT2D eigenvalue weighted by atomic mass is 9.91. The Bertz CT molecular complexity index is 544. The fraction of sp³-hybridized carbons (Fsp3) is 0.893. The van der Waals surface area contributed by atoms with E-state index in [1.165, 1.54) is 56.9 Å². The van der Waals surface area contributed by atoms with Crippen molar-refractivity contribution in [1.82, 2.24) is 0 Å². The summed E-state index contributed by atoms with van der Waals surface area (Å²) < 4.78 is 10.4. The van der Waals surface area contributed by atoms with Crippen molar-refractivity contribution < 1.29 is 24.5 Å². The van der Waals surface area contributed by atoms with Crippen LogP contribution in [0.15, 0.2) is 11.6 Å². The molecule has 0 amide bonds. The number of allylic oxidation sites excluding steroid dienone is 2. The topological polar surface area (TPSA) is 76.0 Å². The zero-order chi connectivity index (χ0) is 24.6. The lowest BCUT2D eigenvalue weighted by Crippen LogP contribution is -2.38. The molecule has 0 radical (unpaired) electrons. The van der Waals surface area contributed by atoms with E-state index in [-0.39, 0.29) is 12.6 Å². The fourth-order valence-electron chi connectivity index (χ4n) is 4.56. The molecular formula is C28H52O5. The average Bonchev–Trinajstić information content (AvgIpc) is 3.17. The third kappa shape index (κ3) is 14.9. The van der Waals surface area contributed by atoms with E-state index in [0.29, 0.717) is 25.9 Å². The summed E-state index contributed by atoms with van der Waals surface area (Å²) in [5.74, 6) is 2.15. The minimum Gasteiger partial charge on any atom is -0.463 e. The van der Waals surface area contributed by atoms with Crippen molar-refractivity contribution in [2.24, 2.45) is 17.8 Å². The predicted molar refractivity (Wildman–Crippen MR) is 135 cm³/mol. The number of hydrogen-bond donors (Lipinski definition) is 2. The summed E-state index contributed by atoms with van der Waals surface area (Å²) in [6, 6.07) is 0. The zero-order valence-corrected chi connectivity index (χ0v) is 22.1. The Morgan fingerprint density at radius 2 is 1.61 bits per heavy atom. The second kappa shape index (κ2) is 17.5. The van der Waals surface area contributed by atoms with Gasteiger partial charge in [0.25, 0.3) is 0 Å². The molecule has 1 heterocycles. The number of esters is 1. The van der Waals surface area contributed by atoms with Crippen molar-refractivity contribution in [3.63, 3.8) is 0 Å². The van der Waals surface area contributed by atoms with E-state index in [1.54, 1.807) is 0 Å². The van der Waals surface area contributed by atoms with Crippen LogP contribution in [0.2, 0.25) is 0 Å². The number of hydrogen-bond acceptors (Lipinski definition) is 5. The van der Waals surface area contributed by atoms with Gasteiger partial charge in [0.1, 0.15) is 18.8 Å². The van der Waals surface area contributed by atoms with Gasteiger partial charge in [-0.15, -0.1) is 0 Å². The summed E-state index contributed by atoms with van der Waals surface area (Å²) in [5.41, 5.74) is 1.33. The van der Waals surface area contributed by atoms with Crippen LogP contribution in [0.3, 0.4) is 0 Å². The first-order valence-corrected chi connectivity index (χ1v) is 13.5. The highest BCUT2D eigenvalue weighted by Gasteiger charge is 2.33. The zero-order valence-electron chi connectivity index (χ0n) is 22.1. The van der Waals surface area contributed by atoms with E-state index in [1.807, 2.05) is 0 Å². The van der Waals surface area contributed by atoms with Crippen LogP contribution in [0.1, 0.15) is 112 Å². The lowest BCUT2D eigenvalue weighted by molar-refractivity contribution is -0.150. The van der Waals surface area contributed by atoms with Gasteiger partial charge in [0, 0.05) is 13.0 Å². The third-order valence-electron chi connectivity index (χ3n) is 6.88. The molecule has 1 aliphatic rings. The Morgan fingerprint density at radius 1 is 1.00 bits per heavy atom. The van der Waals surface area contributed by atoms with E-state index in [4.69, 9.17) is 9.47 Å². The Kier molecular flexibility index (Phi) is 16.0. The molecule has 2 N–H and O–H groups in total. The number of rotatable bonds is 18. The molecule has 194 valence electrons. The van der Waals surface area contributed by atoms with Gasteiger partial charge in [-0.1, -0.05) is 84.3 Å². The maximum Gasteiger partial charge on any atom is 0.306 e. The second-order valence-electron chi connectivity index (χ2n) is 10.9. The number of aliphatic hydroxyl groups excluding tert-OH is 2. The number of aliphatic hydroxyl groups is 2. The van der Waals surface area contributed by atoms with Crippen LogP contribution in [0.25, 0.3) is 0 Å². The normalized spacial score (nSPS) is 21.9. The molecule has 4 unspecified atom stereocenters. The molecule has 33 heavy (non-hydrogen) atoms. The molecular weight excluding hydrogens is 416 g/mol. The molecule has 1 aliphatic heterocycles. The summed E-state index contributed by atoms with van der Waals surface area (Å²) in [6.07, 6.45) is 13.0. The Balaban J connectivity index is 2.05. The number of carbonyl (C=O) groups excluding carboxylic acids is 1. The van der Waals surface area contributed by atoms with Gasteiger partial charge in [-0.25, -0.2) is 0 Å². The van der Waals surface area contributed by atoms with Crippen LogP contribution in [-0.4, -0.2) is 47.7 Å². The van der Waals surface area contributed by atoms with Gasteiger partial charge in [-0.3, -0.25) is 4.79 Å². The van der Waals surface area contributed by atoms with Crippen molar-refractivity contribution in [1.29, 1.82) is 0 Å². The first-order valence-electron chi connectivity index (χ1n) is 13.5. The van der Waals surface area contributed by atoms with Crippen LogP contribution in [0.5, 0.6) is 0 Å². The van der Waals surface area contributed by atoms with Crippen LogP contribution in [0.4, 0.5) is 0 Å². The van der Waals surface area contributed by atoms with Gasteiger partial charge in [-0.2, -0.15) is 0 Å². The highest BCUT2D eigenvalue weighted by Crippen LogP contribution is 2.22. The third-order valence-corrected chi connectivity index (χ3v) is 6.88. The molecule has 0 aromatic rings. The largest absolute Gasteiger partial charge is 0.463 e. The first-order chi connectivity index (χ1) is 15.7. The van der Waals surface area contributed by atoms with Crippen molar-refractivity contribution in [3.8, 4) is 0 Å². The van der Waals surface area contributed by atoms with Gasteiger partial charge in [0.15, 0.2) is 0 Å². The van der Waals surface area contributed by atoms with Crippen LogP contribution >= 0.6 is 0 Å². The second-order valence-corrected chi connectivity index (χ2v) is 10.9. The summed E-state index contributed by atoms with van der Waals surface area (Å²) in [5, 5.41) is 19.7. The van der Waals surface area contributed by atoms with Crippen molar-refractivity contribution >= 4 is 5.97 Å². The summed E-state index contributed by atoms with van der Waals surface area (Å²) in [7, 11) is 0. The number of carbonyl (C=O) groups is 1. The predicted octanol–water partition coefficient (Wildman–Crippen LogP) is 6.21. The maximum atomic E-state index is 11.9. The van der Waals surface area contributed by atoms with Gasteiger partial charge < -0.3 is 19.7 Å². The molecule has 0 aliphatic carbocycles. The van der Waals surface area contributed by atoms with Gasteiger partial charge >= 0.3 is 5.97 Å².